The Morgan fingerprint density at radius 3 is 2.67 bits per heavy atom. The van der Waals surface area contributed by atoms with Crippen LogP contribution in [0.2, 0.25) is 0 Å². The first-order valence-corrected chi connectivity index (χ1v) is 11.8. The number of carbonyl (C=O) groups is 3. The number of carboxylic acid groups (broad SMARTS) is 1. The largest absolute Gasteiger partial charge is 0.510 e. The number of hydrogen-bond acceptors (Lipinski definition) is 9. The molecule has 1 aromatic carbocycles. The molecule has 15 heteroatoms. The first kappa shape index (κ1) is 29.1. The lowest BCUT2D eigenvalue weighted by Gasteiger charge is -2.21. The lowest BCUT2D eigenvalue weighted by Crippen LogP contribution is -2.41. The Morgan fingerprint density at radius 2 is 2.06 bits per heavy atom. The van der Waals surface area contributed by atoms with Crippen LogP contribution in [-0.2, 0) is 19.1 Å². The Hall–Kier alpha value is -3.10. The maximum Gasteiger partial charge on any atom is 0.510 e. The number of ether oxygens (including phenoxy) is 2. The third-order valence-corrected chi connectivity index (χ3v) is 5.83. The molecule has 12 nitrogen and oxygen atoms in total. The molecule has 2 rings (SSSR count). The predicted octanol–water partition coefficient (Wildman–Crippen LogP) is 2.44. The van der Waals surface area contributed by atoms with Gasteiger partial charge in [0.05, 0.1) is 35.0 Å². The molecule has 0 radical (unpaired) electrons. The number of nitrogens with zero attached hydrogens (tertiary/aromatic N) is 4. The SMILES string of the molecule is CCCCCC(=O)N(COC(=O)OCCN[C@H](CO)C(=O)O)c1nc2c(F)cc(C#N)c(F)c2n1I. The zero-order valence-electron chi connectivity index (χ0n) is 19.2. The van der Waals surface area contributed by atoms with E-state index in [1.54, 1.807) is 28.9 Å². The summed E-state index contributed by atoms with van der Waals surface area (Å²) in [6.45, 7) is 0.189. The Balaban J connectivity index is 2.19. The van der Waals surface area contributed by atoms with E-state index in [9.17, 15) is 23.2 Å². The van der Waals surface area contributed by atoms with Crippen molar-refractivity contribution in [3.8, 4) is 6.07 Å². The van der Waals surface area contributed by atoms with Crippen LogP contribution in [0.4, 0.5) is 19.5 Å². The van der Waals surface area contributed by atoms with Crippen molar-refractivity contribution >= 4 is 57.9 Å². The maximum atomic E-state index is 14.7. The van der Waals surface area contributed by atoms with E-state index in [1.807, 2.05) is 6.92 Å². The topological polar surface area (TPSA) is 167 Å². The van der Waals surface area contributed by atoms with Crippen LogP contribution < -0.4 is 10.2 Å². The number of fused-ring (bicyclic) bond motifs is 1. The van der Waals surface area contributed by atoms with Crippen LogP contribution in [0.25, 0.3) is 11.0 Å². The molecule has 1 atom stereocenters. The molecule has 3 N–H and O–H groups in total. The van der Waals surface area contributed by atoms with E-state index in [2.05, 4.69) is 10.3 Å². The molecule has 0 saturated carbocycles. The number of hydrogen-bond donors (Lipinski definition) is 3. The second kappa shape index (κ2) is 13.8. The molecule has 0 aliphatic rings. The molecule has 1 amide bonds. The minimum atomic E-state index is -1.28. The number of carbonyl (C=O) groups excluding carboxylic acids is 2. The van der Waals surface area contributed by atoms with Gasteiger partial charge in [-0.3, -0.25) is 14.9 Å². The summed E-state index contributed by atoms with van der Waals surface area (Å²) in [5.74, 6) is -4.01. The van der Waals surface area contributed by atoms with Crippen LogP contribution in [0.3, 0.4) is 0 Å². The molecule has 0 unspecified atom stereocenters. The highest BCUT2D eigenvalue weighted by molar-refractivity contribution is 14.1. The number of carboxylic acids is 1. The number of unbranched alkanes of at least 4 members (excludes halogenated alkanes) is 2. The normalized spacial score (nSPS) is 11.7. The molecule has 1 aromatic heterocycles. The van der Waals surface area contributed by atoms with Crippen molar-refractivity contribution in [1.29, 1.82) is 5.26 Å². The van der Waals surface area contributed by atoms with Gasteiger partial charge in [-0.15, -0.1) is 0 Å². The number of nitriles is 1. The minimum absolute atomic E-state index is 0.0438. The standard InChI is InChI=1S/C21H24F2IN5O7/c1-2-3-4-5-15(31)28(11-36-21(34)35-7-6-26-14(10-30)19(32)33)20-27-17-13(22)8-12(9-25)16(23)18(17)29(20)24/h8,14,26,30H,2-7,10-11H2,1H3,(H,32,33)/t14-/m1/s1. The molecule has 0 bridgehead atoms. The maximum absolute atomic E-state index is 14.7. The first-order valence-electron chi connectivity index (χ1n) is 10.8. The number of benzene rings is 1. The van der Waals surface area contributed by atoms with Crippen LogP contribution in [0.1, 0.15) is 38.2 Å². The summed E-state index contributed by atoms with van der Waals surface area (Å²) in [5, 5.41) is 29.3. The van der Waals surface area contributed by atoms with Crippen molar-refractivity contribution in [3.63, 3.8) is 0 Å². The van der Waals surface area contributed by atoms with Crippen molar-refractivity contribution in [2.75, 3.05) is 31.4 Å². The van der Waals surface area contributed by atoms with E-state index in [0.717, 1.165) is 20.5 Å². The molecule has 1 heterocycles. The number of amides is 1. The second-order valence-corrected chi connectivity index (χ2v) is 8.36. The van der Waals surface area contributed by atoms with Crippen molar-refractivity contribution in [2.24, 2.45) is 0 Å². The zero-order valence-corrected chi connectivity index (χ0v) is 21.3. The van der Waals surface area contributed by atoms with Crippen LogP contribution in [0.5, 0.6) is 0 Å². The van der Waals surface area contributed by atoms with Gasteiger partial charge in [-0.05, 0) is 12.5 Å². The minimum Gasteiger partial charge on any atom is -0.480 e. The molecule has 0 aliphatic carbocycles. The van der Waals surface area contributed by atoms with Crippen molar-refractivity contribution < 1.29 is 42.9 Å². The van der Waals surface area contributed by atoms with Gasteiger partial charge < -0.3 is 19.7 Å². The predicted molar refractivity (Wildman–Crippen MR) is 129 cm³/mol. The fourth-order valence-electron chi connectivity index (χ4n) is 3.04. The van der Waals surface area contributed by atoms with Gasteiger partial charge in [0.1, 0.15) is 29.8 Å². The number of nitrogens with one attached hydrogen (secondary N) is 1. The highest BCUT2D eigenvalue weighted by atomic mass is 127. The third-order valence-electron chi connectivity index (χ3n) is 4.91. The highest BCUT2D eigenvalue weighted by Crippen LogP contribution is 2.31. The number of anilines is 1. The molecule has 0 fully saturated rings. The summed E-state index contributed by atoms with van der Waals surface area (Å²) in [6.07, 6.45) is 0.944. The average molecular weight is 623 g/mol. The Labute approximate surface area is 218 Å². The smallest absolute Gasteiger partial charge is 0.480 e. The van der Waals surface area contributed by atoms with Gasteiger partial charge in [0.25, 0.3) is 0 Å². The Kier molecular flexibility index (Phi) is 11.2. The molecule has 2 aromatic rings. The number of aliphatic hydroxyl groups excluding tert-OH is 1. The summed E-state index contributed by atoms with van der Waals surface area (Å²) in [6, 6.07) is 1.02. The summed E-state index contributed by atoms with van der Waals surface area (Å²) >= 11 is 1.60. The van der Waals surface area contributed by atoms with E-state index < -0.39 is 60.1 Å². The Morgan fingerprint density at radius 1 is 1.33 bits per heavy atom. The number of aromatic nitrogens is 2. The average Bonchev–Trinajstić information content (AvgIpc) is 3.19. The summed E-state index contributed by atoms with van der Waals surface area (Å²) in [5.41, 5.74) is -1.29. The summed E-state index contributed by atoms with van der Waals surface area (Å²) < 4.78 is 40.1. The van der Waals surface area contributed by atoms with Crippen LogP contribution >= 0.6 is 22.9 Å². The van der Waals surface area contributed by atoms with Gasteiger partial charge in [0.15, 0.2) is 18.4 Å². The van der Waals surface area contributed by atoms with Gasteiger partial charge >= 0.3 is 12.1 Å². The van der Waals surface area contributed by atoms with Crippen molar-refractivity contribution in [1.82, 2.24) is 13.1 Å². The quantitative estimate of drug-likeness (QED) is 0.131. The third kappa shape index (κ3) is 7.21. The zero-order chi connectivity index (χ0) is 26.8. The molecule has 0 saturated heterocycles. The van der Waals surface area contributed by atoms with Crippen molar-refractivity contribution in [2.45, 2.75) is 38.6 Å². The number of imidazole rings is 1. The van der Waals surface area contributed by atoms with E-state index in [1.165, 1.54) is 0 Å². The van der Waals surface area contributed by atoms with Crippen LogP contribution in [0, 0.1) is 23.0 Å². The summed E-state index contributed by atoms with van der Waals surface area (Å²) in [7, 11) is 0. The van der Waals surface area contributed by atoms with E-state index in [-0.39, 0.29) is 31.0 Å². The number of aliphatic carboxylic acids is 1. The molecule has 36 heavy (non-hydrogen) atoms. The van der Waals surface area contributed by atoms with Crippen molar-refractivity contribution in [3.05, 3.63) is 23.3 Å². The van der Waals surface area contributed by atoms with Crippen LogP contribution in [0.15, 0.2) is 6.07 Å². The molecular formula is C21H24F2IN5O7. The van der Waals surface area contributed by atoms with Gasteiger partial charge in [-0.1, -0.05) is 19.8 Å². The molecule has 196 valence electrons. The second-order valence-electron chi connectivity index (χ2n) is 7.40. The van der Waals surface area contributed by atoms with E-state index >= 15 is 0 Å². The summed E-state index contributed by atoms with van der Waals surface area (Å²) in [4.78, 5) is 40.7. The van der Waals surface area contributed by atoms with Gasteiger partial charge in [-0.25, -0.2) is 26.2 Å². The number of halogens is 3. The molecule has 0 spiro atoms. The first-order chi connectivity index (χ1) is 17.2. The molecule has 0 aliphatic heterocycles. The number of rotatable bonds is 13. The van der Waals surface area contributed by atoms with E-state index in [4.69, 9.17) is 24.9 Å². The lowest BCUT2D eigenvalue weighted by atomic mass is 10.2. The van der Waals surface area contributed by atoms with Gasteiger partial charge in [-0.2, -0.15) is 5.26 Å². The molecular weight excluding hydrogens is 599 g/mol. The monoisotopic (exact) mass is 623 g/mol. The van der Waals surface area contributed by atoms with Crippen LogP contribution in [-0.4, -0.2) is 68.5 Å². The highest BCUT2D eigenvalue weighted by Gasteiger charge is 2.27. The Bertz CT molecular complexity index is 1150. The van der Waals surface area contributed by atoms with Gasteiger partial charge in [0, 0.05) is 13.0 Å². The van der Waals surface area contributed by atoms with E-state index in [0.29, 0.717) is 12.5 Å². The van der Waals surface area contributed by atoms with Gasteiger partial charge in [0.2, 0.25) is 11.9 Å². The fourth-order valence-corrected chi connectivity index (χ4v) is 3.85. The lowest BCUT2D eigenvalue weighted by molar-refractivity contribution is -0.140. The fraction of sp³-hybridized carbons (Fsp3) is 0.476. The number of aliphatic hydroxyl groups is 1.